The van der Waals surface area contributed by atoms with Crippen LogP contribution in [0.15, 0.2) is 30.2 Å². The van der Waals surface area contributed by atoms with Crippen molar-refractivity contribution in [3.8, 4) is 0 Å². The molecule has 0 amide bonds. The predicted molar refractivity (Wildman–Crippen MR) is 64.4 cm³/mol. The van der Waals surface area contributed by atoms with Gasteiger partial charge in [-0.15, -0.1) is 0 Å². The zero-order valence-electron chi connectivity index (χ0n) is 9.82. The van der Waals surface area contributed by atoms with Gasteiger partial charge in [0.25, 0.3) is 5.95 Å². The van der Waals surface area contributed by atoms with Crippen LogP contribution in [0.2, 0.25) is 5.02 Å². The van der Waals surface area contributed by atoms with E-state index in [0.717, 1.165) is 0 Å². The Kier molecular flexibility index (Phi) is 4.84. The number of carbonyl (C=O) groups is 1. The van der Waals surface area contributed by atoms with Crippen molar-refractivity contribution in [3.63, 3.8) is 0 Å². The summed E-state index contributed by atoms with van der Waals surface area (Å²) in [5.74, 6) is -0.440. The van der Waals surface area contributed by atoms with Gasteiger partial charge in [-0.05, 0) is 17.7 Å². The Balaban J connectivity index is 3.29. The van der Waals surface area contributed by atoms with Gasteiger partial charge >= 0.3 is 5.97 Å². The summed E-state index contributed by atoms with van der Waals surface area (Å²) >= 11 is 5.78. The summed E-state index contributed by atoms with van der Waals surface area (Å²) in [4.78, 5) is 11.7. The second kappa shape index (κ2) is 6.15. The maximum Gasteiger partial charge on any atom is 0.345 e. The first-order valence-corrected chi connectivity index (χ1v) is 5.18. The Labute approximate surface area is 105 Å². The van der Waals surface area contributed by atoms with Crippen LogP contribution in [0.1, 0.15) is 5.56 Å². The second-order valence-corrected chi connectivity index (χ2v) is 3.51. The van der Waals surface area contributed by atoms with Gasteiger partial charge in [-0.3, -0.25) is 0 Å². The van der Waals surface area contributed by atoms with E-state index < -0.39 is 5.97 Å². The van der Waals surface area contributed by atoms with Gasteiger partial charge in [-0.2, -0.15) is 0 Å². The molecule has 92 valence electrons. The molecule has 0 saturated carbocycles. The Bertz CT molecular complexity index is 417. The molecule has 4 nitrogen and oxygen atoms in total. The first-order valence-electron chi connectivity index (χ1n) is 4.80. The lowest BCUT2D eigenvalue weighted by atomic mass is 10.1. The zero-order valence-corrected chi connectivity index (χ0v) is 10.6. The van der Waals surface area contributed by atoms with E-state index in [-0.39, 0.29) is 11.5 Å². The van der Waals surface area contributed by atoms with E-state index in [0.29, 0.717) is 10.6 Å². The summed E-state index contributed by atoms with van der Waals surface area (Å²) < 4.78 is 14.7. The highest BCUT2D eigenvalue weighted by atomic mass is 35.5. The summed E-state index contributed by atoms with van der Waals surface area (Å²) in [5.41, 5.74) is 0.828. The number of ether oxygens (including phenoxy) is 3. The monoisotopic (exact) mass is 256 g/mol. The van der Waals surface area contributed by atoms with E-state index >= 15 is 0 Å². The largest absolute Gasteiger partial charge is 0.468 e. The lowest BCUT2D eigenvalue weighted by Gasteiger charge is -2.11. The van der Waals surface area contributed by atoms with Crippen LogP contribution in [-0.2, 0) is 19.0 Å². The van der Waals surface area contributed by atoms with Crippen LogP contribution in [0, 0.1) is 0 Å². The molecule has 0 saturated heterocycles. The van der Waals surface area contributed by atoms with Crippen LogP contribution in [-0.4, -0.2) is 27.3 Å². The molecule has 0 N–H and O–H groups in total. The molecule has 0 heterocycles. The molecule has 0 atom stereocenters. The Morgan fingerprint density at radius 1 is 1.00 bits per heavy atom. The SMILES string of the molecule is COC(=O)C(=C(OC)OC)c1ccc(Cl)cc1. The number of benzene rings is 1. The number of carbonyl (C=O) groups excluding carboxylic acids is 1. The van der Waals surface area contributed by atoms with Crippen molar-refractivity contribution >= 4 is 23.1 Å². The van der Waals surface area contributed by atoms with E-state index in [1.54, 1.807) is 24.3 Å². The maximum absolute atomic E-state index is 11.7. The molecule has 0 radical (unpaired) electrons. The highest BCUT2D eigenvalue weighted by Gasteiger charge is 2.20. The number of halogens is 1. The van der Waals surface area contributed by atoms with Crippen molar-refractivity contribution in [2.75, 3.05) is 21.3 Å². The number of hydrogen-bond donors (Lipinski definition) is 0. The van der Waals surface area contributed by atoms with E-state index in [4.69, 9.17) is 25.8 Å². The summed E-state index contributed by atoms with van der Waals surface area (Å²) in [5, 5.41) is 0.578. The fourth-order valence-corrected chi connectivity index (χ4v) is 1.45. The lowest BCUT2D eigenvalue weighted by molar-refractivity contribution is -0.134. The standard InChI is InChI=1S/C12H13ClO4/c1-15-11(14)10(12(16-2)17-3)8-4-6-9(13)7-5-8/h4-7H,1-3H3. The molecule has 1 rings (SSSR count). The molecule has 0 aliphatic rings. The number of methoxy groups -OCH3 is 3. The Morgan fingerprint density at radius 3 is 1.94 bits per heavy atom. The van der Waals surface area contributed by atoms with Crippen LogP contribution in [0.5, 0.6) is 0 Å². The number of hydrogen-bond acceptors (Lipinski definition) is 4. The minimum absolute atomic E-state index is 0.0965. The summed E-state index contributed by atoms with van der Waals surface area (Å²) in [6.07, 6.45) is 0. The first-order chi connectivity index (χ1) is 8.13. The molecule has 0 bridgehead atoms. The predicted octanol–water partition coefficient (Wildman–Crippen LogP) is 2.47. The molecule has 1 aromatic rings. The van der Waals surface area contributed by atoms with Crippen molar-refractivity contribution < 1.29 is 19.0 Å². The van der Waals surface area contributed by atoms with Gasteiger partial charge in [0, 0.05) is 5.02 Å². The number of rotatable bonds is 4. The Hall–Kier alpha value is -1.68. The molecule has 0 unspecified atom stereocenters. The van der Waals surface area contributed by atoms with Crippen molar-refractivity contribution in [2.45, 2.75) is 0 Å². The third-order valence-electron chi connectivity index (χ3n) is 2.10. The minimum atomic E-state index is -0.536. The minimum Gasteiger partial charge on any atom is -0.468 e. The number of esters is 1. The van der Waals surface area contributed by atoms with Crippen LogP contribution >= 0.6 is 11.6 Å². The fraction of sp³-hybridized carbons (Fsp3) is 0.250. The van der Waals surface area contributed by atoms with E-state index in [1.165, 1.54) is 21.3 Å². The molecule has 0 aliphatic heterocycles. The van der Waals surface area contributed by atoms with Crippen LogP contribution in [0.25, 0.3) is 5.57 Å². The van der Waals surface area contributed by atoms with Crippen molar-refractivity contribution in [1.29, 1.82) is 0 Å². The molecule has 0 spiro atoms. The quantitative estimate of drug-likeness (QED) is 0.472. The van der Waals surface area contributed by atoms with Crippen molar-refractivity contribution in [3.05, 3.63) is 40.8 Å². The van der Waals surface area contributed by atoms with Crippen LogP contribution < -0.4 is 0 Å². The van der Waals surface area contributed by atoms with Gasteiger partial charge in [0.1, 0.15) is 5.57 Å². The topological polar surface area (TPSA) is 44.8 Å². The van der Waals surface area contributed by atoms with E-state index in [9.17, 15) is 4.79 Å². The third-order valence-corrected chi connectivity index (χ3v) is 2.35. The van der Waals surface area contributed by atoms with Gasteiger partial charge in [-0.25, -0.2) is 4.79 Å². The van der Waals surface area contributed by atoms with Crippen molar-refractivity contribution in [2.24, 2.45) is 0 Å². The summed E-state index contributed by atoms with van der Waals surface area (Å²) in [6, 6.07) is 6.71. The van der Waals surface area contributed by atoms with Gasteiger partial charge in [0.15, 0.2) is 0 Å². The van der Waals surface area contributed by atoms with Gasteiger partial charge < -0.3 is 14.2 Å². The smallest absolute Gasteiger partial charge is 0.345 e. The highest BCUT2D eigenvalue weighted by Crippen LogP contribution is 2.23. The van der Waals surface area contributed by atoms with E-state index in [2.05, 4.69) is 0 Å². The maximum atomic E-state index is 11.7. The van der Waals surface area contributed by atoms with E-state index in [1.807, 2.05) is 0 Å². The average Bonchev–Trinajstić information content (AvgIpc) is 2.36. The van der Waals surface area contributed by atoms with Gasteiger partial charge in [0.2, 0.25) is 0 Å². The molecule has 1 aromatic carbocycles. The molecule has 0 aromatic heterocycles. The highest BCUT2D eigenvalue weighted by molar-refractivity contribution is 6.30. The summed E-state index contributed by atoms with van der Waals surface area (Å²) in [6.45, 7) is 0. The zero-order chi connectivity index (χ0) is 12.8. The molecular formula is C12H13ClO4. The van der Waals surface area contributed by atoms with Crippen molar-refractivity contribution in [1.82, 2.24) is 0 Å². The molecule has 5 heteroatoms. The molecule has 0 fully saturated rings. The fourth-order valence-electron chi connectivity index (χ4n) is 1.33. The second-order valence-electron chi connectivity index (χ2n) is 3.07. The normalized spacial score (nSPS) is 9.41. The van der Waals surface area contributed by atoms with Crippen LogP contribution in [0.3, 0.4) is 0 Å². The van der Waals surface area contributed by atoms with Crippen LogP contribution in [0.4, 0.5) is 0 Å². The van der Waals surface area contributed by atoms with Gasteiger partial charge in [0.05, 0.1) is 21.3 Å². The Morgan fingerprint density at radius 2 is 1.53 bits per heavy atom. The summed E-state index contributed by atoms with van der Waals surface area (Å²) in [7, 11) is 4.12. The molecule has 17 heavy (non-hydrogen) atoms. The third kappa shape index (κ3) is 3.14. The average molecular weight is 257 g/mol. The molecular weight excluding hydrogens is 244 g/mol. The first kappa shape index (κ1) is 13.4. The van der Waals surface area contributed by atoms with Gasteiger partial charge in [-0.1, -0.05) is 23.7 Å². The molecule has 0 aliphatic carbocycles. The lowest BCUT2D eigenvalue weighted by Crippen LogP contribution is -2.09.